The number of ketones is 2. The zero-order chi connectivity index (χ0) is 17.0. The van der Waals surface area contributed by atoms with E-state index >= 15 is 0 Å². The van der Waals surface area contributed by atoms with E-state index < -0.39 is 0 Å². The average molecular weight is 409 g/mol. The molecular weight excluding hydrogens is 399 g/mol. The van der Waals surface area contributed by atoms with Gasteiger partial charge in [-0.25, -0.2) is 0 Å². The monoisotopic (exact) mass is 410 g/mol. The van der Waals surface area contributed by atoms with Gasteiger partial charge in [-0.3, -0.25) is 0 Å². The van der Waals surface area contributed by atoms with E-state index in [0.29, 0.717) is 16.7 Å². The Labute approximate surface area is 152 Å². The molecule has 0 bridgehead atoms. The summed E-state index contributed by atoms with van der Waals surface area (Å²) in [6.07, 6.45) is 7.44. The molecule has 4 nitrogen and oxygen atoms in total. The van der Waals surface area contributed by atoms with Crippen LogP contribution in [0.5, 0.6) is 0 Å². The zero-order valence-corrected chi connectivity index (χ0v) is 15.3. The van der Waals surface area contributed by atoms with E-state index in [0.717, 1.165) is 19.9 Å². The number of rotatable bonds is 2. The molecule has 1 aliphatic rings. The molecule has 120 valence electrons. The van der Waals surface area contributed by atoms with E-state index in [1.165, 1.54) is 11.3 Å². The maximum absolute atomic E-state index is 12.4. The summed E-state index contributed by atoms with van der Waals surface area (Å²) < 4.78 is 4.31. The fourth-order valence-corrected chi connectivity index (χ4v) is 5.83. The van der Waals surface area contributed by atoms with Crippen molar-refractivity contribution < 1.29 is 9.59 Å². The van der Waals surface area contributed by atoms with Crippen molar-refractivity contribution in [3.63, 3.8) is 0 Å². The number of carbonyl (C=O) groups excluding carboxylic acids is 2. The molecule has 0 saturated heterocycles. The summed E-state index contributed by atoms with van der Waals surface area (Å²) in [6, 6.07) is 8.10. The van der Waals surface area contributed by atoms with E-state index in [9.17, 15) is 9.59 Å². The van der Waals surface area contributed by atoms with Gasteiger partial charge in [-0.1, -0.05) is 0 Å². The van der Waals surface area contributed by atoms with E-state index in [4.69, 9.17) is 0 Å². The summed E-state index contributed by atoms with van der Waals surface area (Å²) in [5.74, 6) is -0.302. The molecular formula is C19H10N2O2SSe. The SMILES string of the molecule is O=C1C(=Cc2ccc(-n3ccc4ccncc43)[se]2)C(=O)c2cscc21. The number of Topliss-reactive ketones (excluding diaryl/α,β-unsaturated/α-hetero) is 2. The van der Waals surface area contributed by atoms with E-state index in [2.05, 4.69) is 21.7 Å². The molecule has 0 fully saturated rings. The molecule has 0 unspecified atom stereocenters. The Balaban J connectivity index is 1.55. The first-order chi connectivity index (χ1) is 12.2. The molecule has 0 saturated carbocycles. The molecule has 4 aromatic rings. The van der Waals surface area contributed by atoms with Gasteiger partial charge >= 0.3 is 153 Å². The van der Waals surface area contributed by atoms with Crippen LogP contribution in [0.25, 0.3) is 21.5 Å². The number of nitrogens with zero attached hydrogens (tertiary/aromatic N) is 2. The Morgan fingerprint density at radius 2 is 1.84 bits per heavy atom. The van der Waals surface area contributed by atoms with Gasteiger partial charge < -0.3 is 0 Å². The normalized spacial score (nSPS) is 13.7. The van der Waals surface area contributed by atoms with Crippen LogP contribution in [-0.4, -0.2) is 35.6 Å². The molecule has 0 aliphatic heterocycles. The third-order valence-corrected chi connectivity index (χ3v) is 7.18. The number of thiophene rings is 1. The number of hydrogen-bond acceptors (Lipinski definition) is 4. The standard InChI is InChI=1S/C19H10N2O2SSe/c22-18-13(19(23)15-10-24-9-14(15)18)7-12-1-2-17(25-12)21-6-4-11-3-5-20-8-16(11)21/h1-10H. The third kappa shape index (κ3) is 2.23. The van der Waals surface area contributed by atoms with Crippen molar-refractivity contribution in [1.82, 2.24) is 9.55 Å². The predicted octanol–water partition coefficient (Wildman–Crippen LogP) is 3.61. The molecule has 6 heteroatoms. The molecule has 5 rings (SSSR count). The average Bonchev–Trinajstić information content (AvgIpc) is 3.38. The summed E-state index contributed by atoms with van der Waals surface area (Å²) >= 11 is 1.43. The fraction of sp³-hybridized carbons (Fsp3) is 0. The second-order valence-corrected chi connectivity index (χ2v) is 8.75. The van der Waals surface area contributed by atoms with Crippen LogP contribution in [0.15, 0.2) is 59.2 Å². The van der Waals surface area contributed by atoms with Crippen molar-refractivity contribution in [2.24, 2.45) is 0 Å². The molecule has 0 aromatic carbocycles. The van der Waals surface area contributed by atoms with E-state index in [1.807, 2.05) is 24.5 Å². The molecule has 25 heavy (non-hydrogen) atoms. The number of hydrogen-bond donors (Lipinski definition) is 0. The van der Waals surface area contributed by atoms with Crippen molar-refractivity contribution in [2.75, 3.05) is 0 Å². The molecule has 4 heterocycles. The molecule has 1 aliphatic carbocycles. The van der Waals surface area contributed by atoms with Gasteiger partial charge in [-0.05, 0) is 0 Å². The van der Waals surface area contributed by atoms with E-state index in [-0.39, 0.29) is 26.1 Å². The van der Waals surface area contributed by atoms with Crippen molar-refractivity contribution in [2.45, 2.75) is 0 Å². The van der Waals surface area contributed by atoms with Gasteiger partial charge in [0.2, 0.25) is 0 Å². The molecule has 0 radical (unpaired) electrons. The summed E-state index contributed by atoms with van der Waals surface area (Å²) in [5.41, 5.74) is 2.44. The van der Waals surface area contributed by atoms with Crippen molar-refractivity contribution in [3.8, 4) is 4.56 Å². The third-order valence-electron chi connectivity index (χ3n) is 4.27. The Kier molecular flexibility index (Phi) is 3.25. The van der Waals surface area contributed by atoms with Crippen LogP contribution in [0.2, 0.25) is 0 Å². The number of fused-ring (bicyclic) bond motifs is 2. The molecule has 0 N–H and O–H groups in total. The van der Waals surface area contributed by atoms with Crippen LogP contribution in [-0.2, 0) is 0 Å². The fourth-order valence-electron chi connectivity index (χ4n) is 3.03. The minimum atomic E-state index is -0.151. The number of carbonyl (C=O) groups is 2. The second-order valence-electron chi connectivity index (χ2n) is 5.71. The summed E-state index contributed by atoms with van der Waals surface area (Å²) in [7, 11) is 0. The molecule has 0 spiro atoms. The van der Waals surface area contributed by atoms with Crippen LogP contribution in [0.3, 0.4) is 0 Å². The summed E-state index contributed by atoms with van der Waals surface area (Å²) in [5, 5.41) is 4.66. The van der Waals surface area contributed by atoms with Gasteiger partial charge in [0.25, 0.3) is 0 Å². The van der Waals surface area contributed by atoms with Crippen LogP contribution in [0, 0.1) is 0 Å². The van der Waals surface area contributed by atoms with Crippen LogP contribution >= 0.6 is 11.3 Å². The molecule has 0 amide bonds. The molecule has 0 atom stereocenters. The van der Waals surface area contributed by atoms with Gasteiger partial charge in [0, 0.05) is 0 Å². The number of allylic oxidation sites excluding steroid dienone is 1. The van der Waals surface area contributed by atoms with Gasteiger partial charge in [0.1, 0.15) is 0 Å². The summed E-state index contributed by atoms with van der Waals surface area (Å²) in [4.78, 5) is 29.0. The van der Waals surface area contributed by atoms with Gasteiger partial charge in [0.15, 0.2) is 0 Å². The van der Waals surface area contributed by atoms with Crippen LogP contribution in [0.1, 0.15) is 25.2 Å². The molecule has 4 aromatic heterocycles. The summed E-state index contributed by atoms with van der Waals surface area (Å²) in [6.45, 7) is 0. The zero-order valence-electron chi connectivity index (χ0n) is 12.8. The van der Waals surface area contributed by atoms with Crippen LogP contribution in [0.4, 0.5) is 0 Å². The topological polar surface area (TPSA) is 52.0 Å². The van der Waals surface area contributed by atoms with Crippen molar-refractivity contribution >= 4 is 54.4 Å². The Hall–Kier alpha value is -2.53. The van der Waals surface area contributed by atoms with Crippen molar-refractivity contribution in [1.29, 1.82) is 0 Å². The quantitative estimate of drug-likeness (QED) is 0.289. The first-order valence-corrected chi connectivity index (χ1v) is 10.3. The van der Waals surface area contributed by atoms with Crippen LogP contribution < -0.4 is 0 Å². The predicted molar refractivity (Wildman–Crippen MR) is 99.0 cm³/mol. The number of aromatic nitrogens is 2. The van der Waals surface area contributed by atoms with Gasteiger partial charge in [-0.2, -0.15) is 0 Å². The maximum atomic E-state index is 12.4. The Morgan fingerprint density at radius 1 is 1.04 bits per heavy atom. The first kappa shape index (κ1) is 14.8. The Bertz CT molecular complexity index is 1160. The van der Waals surface area contributed by atoms with Crippen molar-refractivity contribution in [3.05, 3.63) is 74.8 Å². The minimum absolute atomic E-state index is 0.0323. The van der Waals surface area contributed by atoms with Gasteiger partial charge in [-0.15, -0.1) is 0 Å². The Morgan fingerprint density at radius 3 is 2.64 bits per heavy atom. The number of pyridine rings is 1. The van der Waals surface area contributed by atoms with E-state index in [1.54, 1.807) is 23.0 Å². The first-order valence-electron chi connectivity index (χ1n) is 7.61. The second kappa shape index (κ2) is 5.49. The van der Waals surface area contributed by atoms with Gasteiger partial charge in [0.05, 0.1) is 0 Å².